The van der Waals surface area contributed by atoms with E-state index in [0.29, 0.717) is 5.56 Å². The molecule has 3 rings (SSSR count). The van der Waals surface area contributed by atoms with Crippen molar-refractivity contribution >= 4 is 5.69 Å². The number of aryl methyl sites for hydroxylation is 1. The molecule has 26 heavy (non-hydrogen) atoms. The summed E-state index contributed by atoms with van der Waals surface area (Å²) < 4.78 is 43.5. The largest absolute Gasteiger partial charge is 0.573 e. The standard InChI is InChI=1S/C20H19F3N2O/c1-14-7-12-19(15-5-4-6-18(13-15)26-20(21,22)23)25(14)17-10-8-16(9-11-17)24(2)3/h4-13H,1-3H3. The molecule has 6 heteroatoms. The minimum absolute atomic E-state index is 0.233. The summed E-state index contributed by atoms with van der Waals surface area (Å²) in [5.74, 6) is -0.233. The van der Waals surface area contributed by atoms with Crippen molar-refractivity contribution in [2.24, 2.45) is 0 Å². The minimum Gasteiger partial charge on any atom is -0.406 e. The van der Waals surface area contributed by atoms with E-state index in [4.69, 9.17) is 0 Å². The molecule has 0 saturated carbocycles. The van der Waals surface area contributed by atoms with Gasteiger partial charge in [0.15, 0.2) is 0 Å². The lowest BCUT2D eigenvalue weighted by Crippen LogP contribution is -2.17. The topological polar surface area (TPSA) is 17.4 Å². The molecule has 0 aliphatic heterocycles. The summed E-state index contributed by atoms with van der Waals surface area (Å²) in [5, 5.41) is 0. The minimum atomic E-state index is -4.71. The summed E-state index contributed by atoms with van der Waals surface area (Å²) in [6, 6.07) is 17.8. The Bertz CT molecular complexity index is 896. The maximum absolute atomic E-state index is 12.5. The summed E-state index contributed by atoms with van der Waals surface area (Å²) in [6.07, 6.45) is -4.71. The van der Waals surface area contributed by atoms with Crippen molar-refractivity contribution in [3.63, 3.8) is 0 Å². The molecule has 3 nitrogen and oxygen atoms in total. The number of aromatic nitrogens is 1. The Morgan fingerprint density at radius 1 is 0.923 bits per heavy atom. The van der Waals surface area contributed by atoms with Crippen molar-refractivity contribution < 1.29 is 17.9 Å². The molecule has 1 heterocycles. The molecule has 0 bridgehead atoms. The third-order valence-electron chi connectivity index (χ3n) is 4.06. The second-order valence-corrected chi connectivity index (χ2v) is 6.18. The van der Waals surface area contributed by atoms with Crippen LogP contribution in [0, 0.1) is 6.92 Å². The Balaban J connectivity index is 2.02. The number of alkyl halides is 3. The van der Waals surface area contributed by atoms with Crippen LogP contribution in [0.3, 0.4) is 0 Å². The van der Waals surface area contributed by atoms with Gasteiger partial charge in [-0.15, -0.1) is 13.2 Å². The van der Waals surface area contributed by atoms with Gasteiger partial charge in [0.2, 0.25) is 0 Å². The molecule has 1 aromatic heterocycles. The van der Waals surface area contributed by atoms with Crippen molar-refractivity contribution in [2.45, 2.75) is 13.3 Å². The maximum atomic E-state index is 12.5. The van der Waals surface area contributed by atoms with Crippen molar-refractivity contribution in [3.05, 3.63) is 66.4 Å². The molecule has 0 atom stereocenters. The van der Waals surface area contributed by atoms with E-state index in [1.165, 1.54) is 12.1 Å². The summed E-state index contributed by atoms with van der Waals surface area (Å²) >= 11 is 0. The first-order chi connectivity index (χ1) is 12.2. The molecular formula is C20H19F3N2O. The van der Waals surface area contributed by atoms with Crippen LogP contribution in [0.15, 0.2) is 60.7 Å². The van der Waals surface area contributed by atoms with Gasteiger partial charge in [0.05, 0.1) is 5.69 Å². The lowest BCUT2D eigenvalue weighted by molar-refractivity contribution is -0.274. The normalized spacial score (nSPS) is 11.5. The molecule has 2 aromatic carbocycles. The first kappa shape index (κ1) is 17.9. The van der Waals surface area contributed by atoms with Crippen LogP contribution in [0.5, 0.6) is 5.75 Å². The van der Waals surface area contributed by atoms with E-state index in [1.54, 1.807) is 12.1 Å². The van der Waals surface area contributed by atoms with Gasteiger partial charge in [-0.05, 0) is 55.5 Å². The molecule has 0 aliphatic carbocycles. The highest BCUT2D eigenvalue weighted by atomic mass is 19.4. The SMILES string of the molecule is Cc1ccc(-c2cccc(OC(F)(F)F)c2)n1-c1ccc(N(C)C)cc1. The van der Waals surface area contributed by atoms with Crippen molar-refractivity contribution in [1.82, 2.24) is 4.57 Å². The zero-order valence-corrected chi connectivity index (χ0v) is 14.7. The van der Waals surface area contributed by atoms with Gasteiger partial charge in [-0.1, -0.05) is 12.1 Å². The monoisotopic (exact) mass is 360 g/mol. The average Bonchev–Trinajstić information content (AvgIpc) is 2.95. The van der Waals surface area contributed by atoms with Crippen LogP contribution in [0.25, 0.3) is 16.9 Å². The number of halogens is 3. The van der Waals surface area contributed by atoms with E-state index in [-0.39, 0.29) is 5.75 Å². The fourth-order valence-electron chi connectivity index (χ4n) is 2.86. The van der Waals surface area contributed by atoms with E-state index in [2.05, 4.69) is 4.74 Å². The first-order valence-corrected chi connectivity index (χ1v) is 8.07. The third kappa shape index (κ3) is 3.85. The fourth-order valence-corrected chi connectivity index (χ4v) is 2.86. The Morgan fingerprint density at radius 3 is 2.23 bits per heavy atom. The lowest BCUT2D eigenvalue weighted by Gasteiger charge is -2.16. The van der Waals surface area contributed by atoms with Crippen LogP contribution in [-0.2, 0) is 0 Å². The lowest BCUT2D eigenvalue weighted by atomic mass is 10.1. The molecule has 136 valence electrons. The van der Waals surface area contributed by atoms with Gasteiger partial charge >= 0.3 is 6.36 Å². The molecule has 0 N–H and O–H groups in total. The maximum Gasteiger partial charge on any atom is 0.573 e. The molecule has 0 unspecified atom stereocenters. The second kappa shape index (κ2) is 6.78. The first-order valence-electron chi connectivity index (χ1n) is 8.07. The summed E-state index contributed by atoms with van der Waals surface area (Å²) in [5.41, 5.74) is 4.44. The molecule has 0 aliphatic rings. The predicted octanol–water partition coefficient (Wildman–Crippen LogP) is 5.42. The van der Waals surface area contributed by atoms with Crippen molar-refractivity contribution in [2.75, 3.05) is 19.0 Å². The van der Waals surface area contributed by atoms with Crippen molar-refractivity contribution in [1.29, 1.82) is 0 Å². The van der Waals surface area contributed by atoms with Gasteiger partial charge in [0.1, 0.15) is 5.75 Å². The number of anilines is 1. The van der Waals surface area contributed by atoms with E-state index in [0.717, 1.165) is 22.8 Å². The molecule has 0 radical (unpaired) electrons. The Kier molecular flexibility index (Phi) is 4.68. The summed E-state index contributed by atoms with van der Waals surface area (Å²) in [4.78, 5) is 2.01. The highest BCUT2D eigenvalue weighted by Crippen LogP contribution is 2.31. The fraction of sp³-hybridized carbons (Fsp3) is 0.200. The number of nitrogens with zero attached hydrogens (tertiary/aromatic N) is 2. The number of hydrogen-bond donors (Lipinski definition) is 0. The number of hydrogen-bond acceptors (Lipinski definition) is 2. The van der Waals surface area contributed by atoms with Gasteiger partial charge < -0.3 is 14.2 Å². The highest BCUT2D eigenvalue weighted by molar-refractivity contribution is 5.66. The molecule has 3 aromatic rings. The third-order valence-corrected chi connectivity index (χ3v) is 4.06. The van der Waals surface area contributed by atoms with E-state index in [9.17, 15) is 13.2 Å². The molecule has 0 fully saturated rings. The summed E-state index contributed by atoms with van der Waals surface area (Å²) in [7, 11) is 3.93. The molecular weight excluding hydrogens is 341 g/mol. The van der Waals surface area contributed by atoms with Crippen LogP contribution in [0.1, 0.15) is 5.69 Å². The summed E-state index contributed by atoms with van der Waals surface area (Å²) in [6.45, 7) is 1.96. The number of rotatable bonds is 4. The van der Waals surface area contributed by atoms with Crippen LogP contribution < -0.4 is 9.64 Å². The Hall–Kier alpha value is -2.89. The van der Waals surface area contributed by atoms with Crippen LogP contribution in [-0.4, -0.2) is 25.0 Å². The quantitative estimate of drug-likeness (QED) is 0.618. The van der Waals surface area contributed by atoms with E-state index < -0.39 is 6.36 Å². The van der Waals surface area contributed by atoms with Gasteiger partial charge in [-0.25, -0.2) is 0 Å². The zero-order chi connectivity index (χ0) is 18.9. The van der Waals surface area contributed by atoms with E-state index >= 15 is 0 Å². The number of benzene rings is 2. The highest BCUT2D eigenvalue weighted by Gasteiger charge is 2.31. The molecule has 0 saturated heterocycles. The smallest absolute Gasteiger partial charge is 0.406 e. The van der Waals surface area contributed by atoms with Gasteiger partial charge in [0, 0.05) is 36.7 Å². The van der Waals surface area contributed by atoms with Gasteiger partial charge in [0.25, 0.3) is 0 Å². The average molecular weight is 360 g/mol. The van der Waals surface area contributed by atoms with Gasteiger partial charge in [-0.2, -0.15) is 0 Å². The predicted molar refractivity (Wildman–Crippen MR) is 97.0 cm³/mol. The van der Waals surface area contributed by atoms with E-state index in [1.807, 2.05) is 66.9 Å². The van der Waals surface area contributed by atoms with Crippen LogP contribution in [0.2, 0.25) is 0 Å². The zero-order valence-electron chi connectivity index (χ0n) is 14.7. The Morgan fingerprint density at radius 2 is 1.62 bits per heavy atom. The number of ether oxygens (including phenoxy) is 1. The molecule has 0 spiro atoms. The second-order valence-electron chi connectivity index (χ2n) is 6.18. The van der Waals surface area contributed by atoms with Crippen molar-refractivity contribution in [3.8, 4) is 22.7 Å². The van der Waals surface area contributed by atoms with Gasteiger partial charge in [-0.3, -0.25) is 0 Å². The molecule has 0 amide bonds. The van der Waals surface area contributed by atoms with Crippen LogP contribution in [0.4, 0.5) is 18.9 Å². The Labute approximate surface area is 150 Å². The van der Waals surface area contributed by atoms with Crippen LogP contribution >= 0.6 is 0 Å².